The first kappa shape index (κ1) is 8.33. The van der Waals surface area contributed by atoms with E-state index in [1.807, 2.05) is 36.4 Å². The molecule has 0 nitrogen and oxygen atoms in total. The van der Waals surface area contributed by atoms with Crippen LogP contribution in [0.4, 0.5) is 0 Å². The molecule has 0 heterocycles. The van der Waals surface area contributed by atoms with Crippen LogP contribution in [0.25, 0.3) is 16.8 Å². The lowest BCUT2D eigenvalue weighted by molar-refractivity contribution is 1.71. The standard InChI is InChI=1S/C12H9Cl/c1-2-9-5-3-7-11-10(9)6-4-8-12(11)13/h2-8H,1H2. The fraction of sp³-hybridized carbons (Fsp3) is 0. The van der Waals surface area contributed by atoms with Gasteiger partial charge < -0.3 is 0 Å². The van der Waals surface area contributed by atoms with Crippen molar-refractivity contribution in [3.63, 3.8) is 0 Å². The van der Waals surface area contributed by atoms with Crippen LogP contribution in [-0.4, -0.2) is 0 Å². The summed E-state index contributed by atoms with van der Waals surface area (Å²) in [5.74, 6) is 0. The third-order valence-electron chi connectivity index (χ3n) is 2.12. The molecule has 1 heteroatoms. The molecule has 0 aliphatic heterocycles. The quantitative estimate of drug-likeness (QED) is 0.631. The first-order valence-corrected chi connectivity index (χ1v) is 4.50. The Morgan fingerprint density at radius 2 is 1.69 bits per heavy atom. The number of fused-ring (bicyclic) bond motifs is 1. The van der Waals surface area contributed by atoms with Crippen molar-refractivity contribution in [1.29, 1.82) is 0 Å². The van der Waals surface area contributed by atoms with Crippen molar-refractivity contribution in [3.8, 4) is 0 Å². The Morgan fingerprint density at radius 1 is 1.00 bits per heavy atom. The van der Waals surface area contributed by atoms with E-state index in [1.165, 1.54) is 0 Å². The SMILES string of the molecule is C=Cc1cccc2c(Cl)cccc12. The maximum atomic E-state index is 6.05. The lowest BCUT2D eigenvalue weighted by atomic mass is 10.0. The van der Waals surface area contributed by atoms with Crippen molar-refractivity contribution in [2.45, 2.75) is 0 Å². The zero-order chi connectivity index (χ0) is 9.26. The summed E-state index contributed by atoms with van der Waals surface area (Å²) in [5, 5.41) is 3.03. The topological polar surface area (TPSA) is 0 Å². The van der Waals surface area contributed by atoms with Gasteiger partial charge in [-0.2, -0.15) is 0 Å². The second-order valence-corrected chi connectivity index (χ2v) is 3.29. The summed E-state index contributed by atoms with van der Waals surface area (Å²) < 4.78 is 0. The van der Waals surface area contributed by atoms with Crippen LogP contribution in [-0.2, 0) is 0 Å². The van der Waals surface area contributed by atoms with Crippen LogP contribution in [0.5, 0.6) is 0 Å². The zero-order valence-electron chi connectivity index (χ0n) is 7.13. The molecule has 2 rings (SSSR count). The minimum absolute atomic E-state index is 0.793. The van der Waals surface area contributed by atoms with Gasteiger partial charge in [0, 0.05) is 10.4 Å². The summed E-state index contributed by atoms with van der Waals surface area (Å²) >= 11 is 6.05. The molecule has 0 saturated heterocycles. The molecule has 0 saturated carbocycles. The van der Waals surface area contributed by atoms with Gasteiger partial charge in [-0.15, -0.1) is 0 Å². The Bertz CT molecular complexity index is 458. The van der Waals surface area contributed by atoms with Crippen LogP contribution in [0.1, 0.15) is 5.56 Å². The molecule has 64 valence electrons. The average molecular weight is 189 g/mol. The molecule has 2 aromatic carbocycles. The predicted octanol–water partition coefficient (Wildman–Crippen LogP) is 4.14. The van der Waals surface area contributed by atoms with Crippen LogP contribution in [0.2, 0.25) is 5.02 Å². The van der Waals surface area contributed by atoms with Crippen molar-refractivity contribution in [2.75, 3.05) is 0 Å². The predicted molar refractivity (Wildman–Crippen MR) is 59.0 cm³/mol. The second kappa shape index (κ2) is 3.23. The monoisotopic (exact) mass is 188 g/mol. The van der Waals surface area contributed by atoms with Crippen LogP contribution in [0, 0.1) is 0 Å². The second-order valence-electron chi connectivity index (χ2n) is 2.89. The largest absolute Gasteiger partial charge is 0.0984 e. The highest BCUT2D eigenvalue weighted by molar-refractivity contribution is 6.35. The molecule has 0 unspecified atom stereocenters. The van der Waals surface area contributed by atoms with Gasteiger partial charge in [-0.1, -0.05) is 54.6 Å². The van der Waals surface area contributed by atoms with E-state index in [2.05, 4.69) is 12.6 Å². The van der Waals surface area contributed by atoms with Gasteiger partial charge in [-0.05, 0) is 17.0 Å². The van der Waals surface area contributed by atoms with Gasteiger partial charge in [-0.3, -0.25) is 0 Å². The molecule has 0 bridgehead atoms. The minimum atomic E-state index is 0.793. The molecule has 0 amide bonds. The first-order valence-electron chi connectivity index (χ1n) is 4.12. The highest BCUT2D eigenvalue weighted by Gasteiger charge is 1.99. The van der Waals surface area contributed by atoms with Gasteiger partial charge in [-0.25, -0.2) is 0 Å². The van der Waals surface area contributed by atoms with Crippen LogP contribution in [0.3, 0.4) is 0 Å². The smallest absolute Gasteiger partial charge is 0.0484 e. The third-order valence-corrected chi connectivity index (χ3v) is 2.45. The molecule has 0 fully saturated rings. The van der Waals surface area contributed by atoms with E-state index < -0.39 is 0 Å². The molecular weight excluding hydrogens is 180 g/mol. The van der Waals surface area contributed by atoms with E-state index in [0.29, 0.717) is 0 Å². The number of halogens is 1. The van der Waals surface area contributed by atoms with E-state index in [1.54, 1.807) is 0 Å². The van der Waals surface area contributed by atoms with E-state index in [0.717, 1.165) is 21.4 Å². The molecule has 0 radical (unpaired) electrons. The van der Waals surface area contributed by atoms with Gasteiger partial charge in [0.1, 0.15) is 0 Å². The Kier molecular flexibility index (Phi) is 2.07. The van der Waals surface area contributed by atoms with E-state index in [9.17, 15) is 0 Å². The molecule has 2 aromatic rings. The van der Waals surface area contributed by atoms with Crippen molar-refractivity contribution in [2.24, 2.45) is 0 Å². The molecule has 0 aliphatic carbocycles. The fourth-order valence-corrected chi connectivity index (χ4v) is 1.71. The van der Waals surface area contributed by atoms with Crippen LogP contribution >= 0.6 is 11.6 Å². The van der Waals surface area contributed by atoms with Crippen molar-refractivity contribution in [3.05, 3.63) is 53.6 Å². The van der Waals surface area contributed by atoms with Gasteiger partial charge in [0.25, 0.3) is 0 Å². The summed E-state index contributed by atoms with van der Waals surface area (Å²) in [6.07, 6.45) is 1.85. The fourth-order valence-electron chi connectivity index (χ4n) is 1.47. The number of rotatable bonds is 1. The highest BCUT2D eigenvalue weighted by Crippen LogP contribution is 2.26. The summed E-state index contributed by atoms with van der Waals surface area (Å²) in [6.45, 7) is 3.77. The van der Waals surface area contributed by atoms with Crippen molar-refractivity contribution in [1.82, 2.24) is 0 Å². The lowest BCUT2D eigenvalue weighted by Crippen LogP contribution is -1.77. The van der Waals surface area contributed by atoms with E-state index in [-0.39, 0.29) is 0 Å². The summed E-state index contributed by atoms with van der Waals surface area (Å²) in [4.78, 5) is 0. The van der Waals surface area contributed by atoms with Gasteiger partial charge >= 0.3 is 0 Å². The maximum absolute atomic E-state index is 6.05. The Balaban J connectivity index is 2.92. The average Bonchev–Trinajstić information content (AvgIpc) is 2.18. The van der Waals surface area contributed by atoms with Crippen molar-refractivity contribution >= 4 is 28.4 Å². The maximum Gasteiger partial charge on any atom is 0.0484 e. The molecular formula is C12H9Cl. The zero-order valence-corrected chi connectivity index (χ0v) is 7.88. The minimum Gasteiger partial charge on any atom is -0.0984 e. The van der Waals surface area contributed by atoms with Gasteiger partial charge in [0.2, 0.25) is 0 Å². The van der Waals surface area contributed by atoms with Crippen molar-refractivity contribution < 1.29 is 0 Å². The number of hydrogen-bond donors (Lipinski definition) is 0. The Labute approximate surface area is 82.5 Å². The Morgan fingerprint density at radius 3 is 2.46 bits per heavy atom. The highest BCUT2D eigenvalue weighted by atomic mass is 35.5. The van der Waals surface area contributed by atoms with Gasteiger partial charge in [0.05, 0.1) is 0 Å². The molecule has 0 N–H and O–H groups in total. The molecule has 13 heavy (non-hydrogen) atoms. The lowest BCUT2D eigenvalue weighted by Gasteiger charge is -2.02. The summed E-state index contributed by atoms with van der Waals surface area (Å²) in [7, 11) is 0. The molecule has 0 atom stereocenters. The van der Waals surface area contributed by atoms with Crippen LogP contribution in [0.15, 0.2) is 43.0 Å². The normalized spacial score (nSPS) is 10.2. The number of hydrogen-bond acceptors (Lipinski definition) is 0. The van der Waals surface area contributed by atoms with Gasteiger partial charge in [0.15, 0.2) is 0 Å². The van der Waals surface area contributed by atoms with E-state index >= 15 is 0 Å². The first-order chi connectivity index (χ1) is 6.33. The summed E-state index contributed by atoms with van der Waals surface area (Å²) in [5.41, 5.74) is 1.13. The molecule has 0 aromatic heterocycles. The van der Waals surface area contributed by atoms with E-state index in [4.69, 9.17) is 11.6 Å². The summed E-state index contributed by atoms with van der Waals surface area (Å²) in [6, 6.07) is 12.0. The van der Waals surface area contributed by atoms with Crippen LogP contribution < -0.4 is 0 Å². The Hall–Kier alpha value is -1.27. The molecule has 0 spiro atoms. The number of benzene rings is 2. The third kappa shape index (κ3) is 1.34. The molecule has 0 aliphatic rings.